The highest BCUT2D eigenvalue weighted by Gasteiger charge is 2.38. The van der Waals surface area contributed by atoms with Crippen molar-refractivity contribution in [1.29, 1.82) is 0 Å². The van der Waals surface area contributed by atoms with Gasteiger partial charge in [-0.2, -0.15) is 8.78 Å². The maximum Gasteiger partial charge on any atom is 0.333 e. The number of aromatic amines is 1. The topological polar surface area (TPSA) is 54.9 Å². The monoisotopic (exact) mass is 410 g/mol. The smallest absolute Gasteiger partial charge is 0.304 e. The second kappa shape index (κ2) is 6.36. The van der Waals surface area contributed by atoms with Crippen LogP contribution in [0.15, 0.2) is 68.7 Å². The van der Waals surface area contributed by atoms with Gasteiger partial charge < -0.3 is 4.98 Å². The first kappa shape index (κ1) is 17.2. The number of hydrogen-bond acceptors (Lipinski definition) is 2. The first-order chi connectivity index (χ1) is 11.8. The molecule has 25 heavy (non-hydrogen) atoms. The third-order valence-corrected chi connectivity index (χ3v) is 4.32. The van der Waals surface area contributed by atoms with E-state index in [1.807, 2.05) is 0 Å². The van der Waals surface area contributed by atoms with E-state index in [1.54, 1.807) is 6.07 Å². The molecular weight excluding hydrogens is 401 g/mol. The van der Waals surface area contributed by atoms with Crippen LogP contribution in [0.5, 0.6) is 0 Å². The lowest BCUT2D eigenvalue weighted by atomic mass is 10.1. The molecule has 0 amide bonds. The van der Waals surface area contributed by atoms with Gasteiger partial charge in [-0.15, -0.1) is 0 Å². The van der Waals surface area contributed by atoms with Gasteiger partial charge in [0.15, 0.2) is 0 Å². The molecule has 3 aromatic rings. The molecule has 0 spiro atoms. The number of nitrogens with zero attached hydrogens (tertiary/aromatic N) is 1. The minimum atomic E-state index is -3.58. The minimum Gasteiger partial charge on any atom is -0.304 e. The Bertz CT molecular complexity index is 1030. The van der Waals surface area contributed by atoms with E-state index in [9.17, 15) is 22.8 Å². The molecule has 0 atom stereocenters. The Morgan fingerprint density at radius 2 is 1.56 bits per heavy atom. The molecule has 0 radical (unpaired) electrons. The largest absolute Gasteiger partial charge is 0.333 e. The van der Waals surface area contributed by atoms with Gasteiger partial charge >= 0.3 is 11.6 Å². The molecule has 0 saturated heterocycles. The van der Waals surface area contributed by atoms with E-state index >= 15 is 0 Å². The van der Waals surface area contributed by atoms with Crippen LogP contribution in [0.2, 0.25) is 0 Å². The van der Waals surface area contributed by atoms with Gasteiger partial charge in [-0.3, -0.25) is 4.79 Å². The Morgan fingerprint density at radius 3 is 2.16 bits per heavy atom. The second-order valence-corrected chi connectivity index (χ2v) is 5.97. The molecule has 0 saturated carbocycles. The molecule has 128 valence electrons. The van der Waals surface area contributed by atoms with E-state index in [0.29, 0.717) is 4.57 Å². The van der Waals surface area contributed by atoms with Crippen LogP contribution >= 0.6 is 15.9 Å². The fourth-order valence-electron chi connectivity index (χ4n) is 2.35. The van der Waals surface area contributed by atoms with Crippen molar-refractivity contribution in [1.82, 2.24) is 9.55 Å². The van der Waals surface area contributed by atoms with E-state index in [1.165, 1.54) is 36.4 Å². The van der Waals surface area contributed by atoms with E-state index < -0.39 is 33.2 Å². The highest BCUT2D eigenvalue weighted by Crippen LogP contribution is 2.36. The molecule has 8 heteroatoms. The Kier molecular flexibility index (Phi) is 4.38. The Balaban J connectivity index is 2.21. The minimum absolute atomic E-state index is 0.0583. The quantitative estimate of drug-likeness (QED) is 0.717. The molecule has 0 aliphatic carbocycles. The number of hydrogen-bond donors (Lipinski definition) is 1. The molecule has 3 rings (SSSR count). The number of rotatable bonds is 3. The Morgan fingerprint density at radius 1 is 0.960 bits per heavy atom. The van der Waals surface area contributed by atoms with Crippen molar-refractivity contribution >= 4 is 15.9 Å². The molecule has 1 heterocycles. The summed E-state index contributed by atoms with van der Waals surface area (Å²) in [4.78, 5) is 26.7. The van der Waals surface area contributed by atoms with Crippen molar-refractivity contribution in [3.63, 3.8) is 0 Å². The second-order valence-electron chi connectivity index (χ2n) is 5.18. The number of alkyl halides is 2. The zero-order valence-electron chi connectivity index (χ0n) is 12.5. The number of aromatic nitrogens is 2. The fourth-order valence-corrected chi connectivity index (χ4v) is 2.87. The number of H-pyrrole nitrogens is 1. The molecular formula is C17H10BrF3N2O2. The maximum absolute atomic E-state index is 14.7. The van der Waals surface area contributed by atoms with Crippen molar-refractivity contribution in [3.8, 4) is 5.69 Å². The summed E-state index contributed by atoms with van der Waals surface area (Å²) in [7, 11) is 0. The van der Waals surface area contributed by atoms with Crippen LogP contribution in [-0.4, -0.2) is 9.55 Å². The number of nitrogens with one attached hydrogen (secondary N) is 1. The van der Waals surface area contributed by atoms with Crippen LogP contribution in [-0.2, 0) is 5.92 Å². The first-order valence-electron chi connectivity index (χ1n) is 7.07. The van der Waals surface area contributed by atoms with Crippen LogP contribution < -0.4 is 11.2 Å². The number of halogens is 4. The Hall–Kier alpha value is -2.61. The van der Waals surface area contributed by atoms with Crippen molar-refractivity contribution in [3.05, 3.63) is 97.0 Å². The van der Waals surface area contributed by atoms with E-state index in [4.69, 9.17) is 0 Å². The van der Waals surface area contributed by atoms with Crippen molar-refractivity contribution < 1.29 is 13.2 Å². The summed E-state index contributed by atoms with van der Waals surface area (Å²) in [6.07, 6.45) is 0. The molecule has 1 N–H and O–H groups in total. The third kappa shape index (κ3) is 3.05. The van der Waals surface area contributed by atoms with Gasteiger partial charge in [0, 0.05) is 5.56 Å². The summed E-state index contributed by atoms with van der Waals surface area (Å²) in [5, 5.41) is 0. The van der Waals surface area contributed by atoms with Crippen LogP contribution in [0.1, 0.15) is 11.3 Å². The molecule has 0 unspecified atom stereocenters. The van der Waals surface area contributed by atoms with Crippen LogP contribution in [0.3, 0.4) is 0 Å². The summed E-state index contributed by atoms with van der Waals surface area (Å²) in [5.41, 5.74) is -3.17. The van der Waals surface area contributed by atoms with E-state index in [0.717, 1.165) is 12.1 Å². The summed E-state index contributed by atoms with van der Waals surface area (Å²) in [6.45, 7) is 0. The molecule has 0 aliphatic heterocycles. The van der Waals surface area contributed by atoms with Crippen molar-refractivity contribution in [2.75, 3.05) is 0 Å². The zero-order valence-corrected chi connectivity index (χ0v) is 14.1. The summed E-state index contributed by atoms with van der Waals surface area (Å²) < 4.78 is 42.6. The van der Waals surface area contributed by atoms with E-state index in [2.05, 4.69) is 20.9 Å². The normalized spacial score (nSPS) is 11.5. The van der Waals surface area contributed by atoms with Crippen LogP contribution in [0.25, 0.3) is 5.69 Å². The lowest BCUT2D eigenvalue weighted by Gasteiger charge is -2.18. The van der Waals surface area contributed by atoms with Gasteiger partial charge in [-0.25, -0.2) is 13.8 Å². The van der Waals surface area contributed by atoms with Crippen molar-refractivity contribution in [2.24, 2.45) is 0 Å². The van der Waals surface area contributed by atoms with E-state index in [-0.39, 0.29) is 11.3 Å². The highest BCUT2D eigenvalue weighted by atomic mass is 79.9. The molecule has 4 nitrogen and oxygen atoms in total. The summed E-state index contributed by atoms with van der Waals surface area (Å²) >= 11 is 2.85. The van der Waals surface area contributed by atoms with Gasteiger partial charge in [0.1, 0.15) is 16.0 Å². The van der Waals surface area contributed by atoms with Gasteiger partial charge in [0.05, 0.1) is 5.69 Å². The summed E-state index contributed by atoms with van der Waals surface area (Å²) in [6, 6.07) is 11.3. The third-order valence-electron chi connectivity index (χ3n) is 3.58. The molecule has 0 bridgehead atoms. The van der Waals surface area contributed by atoms with Gasteiger partial charge in [0.2, 0.25) is 0 Å². The average molecular weight is 411 g/mol. The predicted octanol–water partition coefficient (Wildman–Crippen LogP) is 3.57. The Labute approximate surface area is 147 Å². The maximum atomic E-state index is 14.7. The zero-order chi connectivity index (χ0) is 18.2. The molecule has 2 aromatic carbocycles. The first-order valence-corrected chi connectivity index (χ1v) is 7.86. The number of benzene rings is 2. The lowest BCUT2D eigenvalue weighted by Crippen LogP contribution is -2.38. The average Bonchev–Trinajstić information content (AvgIpc) is 2.60. The molecule has 0 aliphatic rings. The van der Waals surface area contributed by atoms with Gasteiger partial charge in [0.25, 0.3) is 5.56 Å². The fraction of sp³-hybridized carbons (Fsp3) is 0.0588. The van der Waals surface area contributed by atoms with Crippen LogP contribution in [0, 0.1) is 5.82 Å². The highest BCUT2D eigenvalue weighted by molar-refractivity contribution is 9.10. The SMILES string of the molecule is O=c1[nH]c(C(F)(F)c2ccccc2)c(Br)c(=O)n1-c1ccc(F)cc1. The van der Waals surface area contributed by atoms with Gasteiger partial charge in [-0.1, -0.05) is 30.3 Å². The molecule has 0 fully saturated rings. The predicted molar refractivity (Wildman–Crippen MR) is 89.8 cm³/mol. The van der Waals surface area contributed by atoms with Gasteiger partial charge in [-0.05, 0) is 40.2 Å². The van der Waals surface area contributed by atoms with Crippen molar-refractivity contribution in [2.45, 2.75) is 5.92 Å². The van der Waals surface area contributed by atoms with Crippen LogP contribution in [0.4, 0.5) is 13.2 Å². The standard InChI is InChI=1S/C17H10BrF3N2O2/c18-13-14(17(20,21)10-4-2-1-3-5-10)22-16(25)23(15(13)24)12-8-6-11(19)7-9-12/h1-9H,(H,22,25). The summed E-state index contributed by atoms with van der Waals surface area (Å²) in [5.74, 6) is -4.14. The molecule has 1 aromatic heterocycles. The lowest BCUT2D eigenvalue weighted by molar-refractivity contribution is 0.0364.